The molecule has 0 aliphatic carbocycles. The molecular formula is C23H23N5O4. The molecule has 2 heterocycles. The number of fused-ring (bicyclic) bond motifs is 1. The van der Waals surface area contributed by atoms with Gasteiger partial charge in [-0.3, -0.25) is 9.59 Å². The molecule has 164 valence electrons. The normalized spacial score (nSPS) is 10.8. The number of methoxy groups -OCH3 is 2. The van der Waals surface area contributed by atoms with Crippen molar-refractivity contribution < 1.29 is 14.3 Å². The first-order valence-electron chi connectivity index (χ1n) is 10.1. The lowest BCUT2D eigenvalue weighted by Crippen LogP contribution is -2.26. The van der Waals surface area contributed by atoms with Gasteiger partial charge in [-0.2, -0.15) is 5.10 Å². The van der Waals surface area contributed by atoms with Gasteiger partial charge in [0.15, 0.2) is 17.1 Å². The van der Waals surface area contributed by atoms with Crippen molar-refractivity contribution >= 4 is 16.9 Å². The molecule has 0 spiro atoms. The van der Waals surface area contributed by atoms with E-state index in [-0.39, 0.29) is 24.4 Å². The second kappa shape index (κ2) is 9.34. The van der Waals surface area contributed by atoms with Crippen molar-refractivity contribution in [3.63, 3.8) is 0 Å². The molecule has 2 aromatic heterocycles. The van der Waals surface area contributed by atoms with Crippen LogP contribution in [0.1, 0.15) is 17.8 Å². The number of hydrogen-bond donors (Lipinski definition) is 2. The molecule has 1 amide bonds. The van der Waals surface area contributed by atoms with Crippen molar-refractivity contribution in [2.24, 2.45) is 0 Å². The van der Waals surface area contributed by atoms with Gasteiger partial charge in [-0.1, -0.05) is 24.3 Å². The standard InChI is InChI=1S/C23H23N5O4/c1-31-18-10-8-15(12-19(18)32-2)9-11-21(29)24-14-20-26-22-17(23(30)27-20)13-25-28(22)16-6-4-3-5-7-16/h3-8,10,12-13H,9,11,14H2,1-2H3,(H,24,29)(H,26,27,30). The van der Waals surface area contributed by atoms with Gasteiger partial charge < -0.3 is 19.8 Å². The van der Waals surface area contributed by atoms with Crippen LogP contribution in [0.3, 0.4) is 0 Å². The van der Waals surface area contributed by atoms with Crippen molar-refractivity contribution in [3.8, 4) is 17.2 Å². The predicted octanol–water partition coefficient (Wildman–Crippen LogP) is 2.38. The maximum Gasteiger partial charge on any atom is 0.262 e. The largest absolute Gasteiger partial charge is 0.493 e. The second-order valence-corrected chi connectivity index (χ2v) is 7.11. The third-order valence-electron chi connectivity index (χ3n) is 5.03. The summed E-state index contributed by atoms with van der Waals surface area (Å²) in [4.78, 5) is 32.0. The number of carbonyl (C=O) groups is 1. The first kappa shape index (κ1) is 21.1. The number of nitrogens with one attached hydrogen (secondary N) is 2. The van der Waals surface area contributed by atoms with Crippen LogP contribution in [0.5, 0.6) is 11.5 Å². The maximum atomic E-state index is 12.4. The minimum atomic E-state index is -0.299. The highest BCUT2D eigenvalue weighted by atomic mass is 16.5. The van der Waals surface area contributed by atoms with Crippen molar-refractivity contribution in [1.82, 2.24) is 25.1 Å². The summed E-state index contributed by atoms with van der Waals surface area (Å²) in [5.74, 6) is 1.47. The van der Waals surface area contributed by atoms with Crippen LogP contribution in [0.2, 0.25) is 0 Å². The molecule has 0 radical (unpaired) electrons. The van der Waals surface area contributed by atoms with Crippen molar-refractivity contribution in [2.75, 3.05) is 14.2 Å². The number of carbonyl (C=O) groups excluding carboxylic acids is 1. The monoisotopic (exact) mass is 433 g/mol. The number of hydrogen-bond acceptors (Lipinski definition) is 6. The minimum absolute atomic E-state index is 0.107. The Balaban J connectivity index is 1.43. The molecule has 0 aliphatic heterocycles. The van der Waals surface area contributed by atoms with Crippen molar-refractivity contribution in [2.45, 2.75) is 19.4 Å². The average molecular weight is 433 g/mol. The van der Waals surface area contributed by atoms with Crippen LogP contribution >= 0.6 is 0 Å². The Kier molecular flexibility index (Phi) is 6.16. The molecule has 2 aromatic carbocycles. The van der Waals surface area contributed by atoms with Gasteiger partial charge in [0.25, 0.3) is 5.56 Å². The van der Waals surface area contributed by atoms with Crippen LogP contribution in [-0.4, -0.2) is 39.9 Å². The Hall–Kier alpha value is -4.14. The van der Waals surface area contributed by atoms with Gasteiger partial charge in [-0.25, -0.2) is 9.67 Å². The van der Waals surface area contributed by atoms with Crippen LogP contribution in [0.25, 0.3) is 16.7 Å². The van der Waals surface area contributed by atoms with Crippen LogP contribution in [-0.2, 0) is 17.8 Å². The topological polar surface area (TPSA) is 111 Å². The smallest absolute Gasteiger partial charge is 0.262 e. The Bertz CT molecular complexity index is 1300. The number of nitrogens with zero attached hydrogens (tertiary/aromatic N) is 3. The number of amides is 1. The number of rotatable bonds is 8. The molecule has 0 unspecified atom stereocenters. The summed E-state index contributed by atoms with van der Waals surface area (Å²) in [7, 11) is 3.15. The SMILES string of the molecule is COc1ccc(CCC(=O)NCc2nc3c(cnn3-c3ccccc3)c(=O)[nH]2)cc1OC. The van der Waals surface area contributed by atoms with Crippen LogP contribution in [0, 0.1) is 0 Å². The van der Waals surface area contributed by atoms with Gasteiger partial charge in [0.1, 0.15) is 11.2 Å². The van der Waals surface area contributed by atoms with E-state index < -0.39 is 0 Å². The number of para-hydroxylation sites is 1. The highest BCUT2D eigenvalue weighted by Gasteiger charge is 2.12. The van der Waals surface area contributed by atoms with Gasteiger partial charge in [0, 0.05) is 6.42 Å². The number of benzene rings is 2. The number of aromatic amines is 1. The molecule has 0 aliphatic rings. The van der Waals surface area contributed by atoms with Crippen molar-refractivity contribution in [3.05, 3.63) is 76.5 Å². The number of aromatic nitrogens is 4. The zero-order valence-electron chi connectivity index (χ0n) is 17.8. The molecule has 9 nitrogen and oxygen atoms in total. The molecule has 0 saturated carbocycles. The van der Waals surface area contributed by atoms with E-state index in [1.807, 2.05) is 48.5 Å². The predicted molar refractivity (Wildman–Crippen MR) is 119 cm³/mol. The summed E-state index contributed by atoms with van der Waals surface area (Å²) >= 11 is 0. The molecule has 0 fully saturated rings. The lowest BCUT2D eigenvalue weighted by molar-refractivity contribution is -0.121. The van der Waals surface area contributed by atoms with Crippen LogP contribution in [0.15, 0.2) is 59.5 Å². The molecule has 4 rings (SSSR count). The molecule has 0 bridgehead atoms. The van der Waals surface area contributed by atoms with Gasteiger partial charge in [0.05, 0.1) is 32.6 Å². The molecule has 32 heavy (non-hydrogen) atoms. The molecule has 2 N–H and O–H groups in total. The molecule has 9 heteroatoms. The Morgan fingerprint density at radius 2 is 1.88 bits per heavy atom. The summed E-state index contributed by atoms with van der Waals surface area (Å²) in [6, 6.07) is 15.0. The zero-order valence-corrected chi connectivity index (χ0v) is 17.8. The fraction of sp³-hybridized carbons (Fsp3) is 0.217. The highest BCUT2D eigenvalue weighted by molar-refractivity contribution is 5.77. The Morgan fingerprint density at radius 1 is 1.09 bits per heavy atom. The number of aryl methyl sites for hydroxylation is 1. The van der Waals surface area contributed by atoms with E-state index >= 15 is 0 Å². The van der Waals surface area contributed by atoms with Crippen LogP contribution in [0.4, 0.5) is 0 Å². The molecule has 4 aromatic rings. The fourth-order valence-electron chi connectivity index (χ4n) is 3.37. The maximum absolute atomic E-state index is 12.4. The van der Waals surface area contributed by atoms with E-state index in [1.165, 1.54) is 6.20 Å². The third kappa shape index (κ3) is 4.46. The first-order valence-corrected chi connectivity index (χ1v) is 10.1. The summed E-state index contributed by atoms with van der Waals surface area (Å²) in [6.45, 7) is 0.107. The Labute approximate surface area is 184 Å². The summed E-state index contributed by atoms with van der Waals surface area (Å²) in [5, 5.41) is 7.47. The lowest BCUT2D eigenvalue weighted by atomic mass is 10.1. The lowest BCUT2D eigenvalue weighted by Gasteiger charge is -2.10. The molecule has 0 atom stereocenters. The van der Waals surface area contributed by atoms with E-state index in [1.54, 1.807) is 18.9 Å². The van der Waals surface area contributed by atoms with Crippen LogP contribution < -0.4 is 20.3 Å². The molecular weight excluding hydrogens is 410 g/mol. The average Bonchev–Trinajstić information content (AvgIpc) is 3.26. The summed E-state index contributed by atoms with van der Waals surface area (Å²) in [5.41, 5.74) is 1.89. The number of ether oxygens (including phenoxy) is 2. The van der Waals surface area contributed by atoms with E-state index in [2.05, 4.69) is 20.4 Å². The van der Waals surface area contributed by atoms with E-state index in [4.69, 9.17) is 9.47 Å². The highest BCUT2D eigenvalue weighted by Crippen LogP contribution is 2.27. The summed E-state index contributed by atoms with van der Waals surface area (Å²) < 4.78 is 12.1. The Morgan fingerprint density at radius 3 is 2.62 bits per heavy atom. The van der Waals surface area contributed by atoms with Crippen molar-refractivity contribution in [1.29, 1.82) is 0 Å². The van der Waals surface area contributed by atoms with E-state index in [0.717, 1.165) is 11.3 Å². The minimum Gasteiger partial charge on any atom is -0.493 e. The van der Waals surface area contributed by atoms with Gasteiger partial charge >= 0.3 is 0 Å². The number of H-pyrrole nitrogens is 1. The molecule has 0 saturated heterocycles. The second-order valence-electron chi connectivity index (χ2n) is 7.11. The van der Waals surface area contributed by atoms with Gasteiger partial charge in [-0.05, 0) is 36.2 Å². The fourth-order valence-corrected chi connectivity index (χ4v) is 3.37. The van der Waals surface area contributed by atoms with E-state index in [9.17, 15) is 9.59 Å². The van der Waals surface area contributed by atoms with Gasteiger partial charge in [-0.15, -0.1) is 0 Å². The quantitative estimate of drug-likeness (QED) is 0.441. The first-order chi connectivity index (χ1) is 15.6. The zero-order chi connectivity index (χ0) is 22.5. The van der Waals surface area contributed by atoms with E-state index in [0.29, 0.717) is 34.8 Å². The van der Waals surface area contributed by atoms with Gasteiger partial charge in [0.2, 0.25) is 5.91 Å². The third-order valence-corrected chi connectivity index (χ3v) is 5.03. The summed E-state index contributed by atoms with van der Waals surface area (Å²) in [6.07, 6.45) is 2.31.